The molecule has 3 rings (SSSR count). The Labute approximate surface area is 154 Å². The van der Waals surface area contributed by atoms with Crippen molar-refractivity contribution in [2.45, 2.75) is 39.2 Å². The lowest BCUT2D eigenvalue weighted by Gasteiger charge is -2.16. The summed E-state index contributed by atoms with van der Waals surface area (Å²) in [5, 5.41) is 3.66. The summed E-state index contributed by atoms with van der Waals surface area (Å²) in [4.78, 5) is 22.7. The summed E-state index contributed by atoms with van der Waals surface area (Å²) in [6.07, 6.45) is 2.66. The second-order valence-corrected chi connectivity index (χ2v) is 6.69. The number of ketones is 1. The van der Waals surface area contributed by atoms with Crippen LogP contribution >= 0.6 is 11.6 Å². The maximum Gasteiger partial charge on any atom is 0.221 e. The normalized spacial score (nSPS) is 18.9. The molecule has 25 heavy (non-hydrogen) atoms. The van der Waals surface area contributed by atoms with Gasteiger partial charge in [0.15, 0.2) is 0 Å². The van der Waals surface area contributed by atoms with Crippen LogP contribution in [-0.4, -0.2) is 11.7 Å². The van der Waals surface area contributed by atoms with E-state index in [1.54, 1.807) is 6.92 Å². The number of Topliss-reactive ketones (excluding diaryl/α,β-unsaturated/α-hetero) is 1. The lowest BCUT2D eigenvalue weighted by Crippen LogP contribution is -2.23. The molecule has 4 heteroatoms. The third-order valence-electron chi connectivity index (χ3n) is 4.26. The van der Waals surface area contributed by atoms with Crippen LogP contribution in [0.15, 0.2) is 54.6 Å². The first-order valence-corrected chi connectivity index (χ1v) is 8.98. The fourth-order valence-electron chi connectivity index (χ4n) is 2.94. The monoisotopic (exact) mass is 357 g/mol. The third-order valence-corrected chi connectivity index (χ3v) is 4.51. The zero-order valence-electron chi connectivity index (χ0n) is 14.7. The predicted molar refractivity (Wildman–Crippen MR) is 102 cm³/mol. The molecule has 1 heterocycles. The van der Waals surface area contributed by atoms with Crippen LogP contribution in [-0.2, 0) is 16.0 Å². The molecule has 2 aromatic rings. The van der Waals surface area contributed by atoms with Crippen LogP contribution in [0.5, 0.6) is 0 Å². The molecule has 0 spiro atoms. The highest BCUT2D eigenvalue weighted by atomic mass is 35.5. The quantitative estimate of drug-likeness (QED) is 0.858. The van der Waals surface area contributed by atoms with E-state index in [1.165, 1.54) is 12.0 Å². The van der Waals surface area contributed by atoms with Gasteiger partial charge in [-0.25, -0.2) is 0 Å². The third kappa shape index (κ3) is 5.71. The van der Waals surface area contributed by atoms with E-state index in [1.807, 2.05) is 42.5 Å². The molecule has 0 radical (unpaired) electrons. The molecule has 2 aromatic carbocycles. The van der Waals surface area contributed by atoms with E-state index in [2.05, 4.69) is 24.4 Å². The second kappa shape index (κ2) is 9.38. The van der Waals surface area contributed by atoms with Crippen LogP contribution in [0.3, 0.4) is 0 Å². The van der Waals surface area contributed by atoms with Crippen molar-refractivity contribution in [3.05, 3.63) is 70.7 Å². The number of amides is 1. The molecule has 1 N–H and O–H groups in total. The average molecular weight is 358 g/mol. The molecule has 0 bridgehead atoms. The van der Waals surface area contributed by atoms with E-state index in [0.717, 1.165) is 17.0 Å². The van der Waals surface area contributed by atoms with Crippen LogP contribution in [0, 0.1) is 5.92 Å². The molecule has 2 atom stereocenters. The van der Waals surface area contributed by atoms with E-state index in [9.17, 15) is 9.59 Å². The Kier molecular flexibility index (Phi) is 7.20. The van der Waals surface area contributed by atoms with Gasteiger partial charge in [0.25, 0.3) is 0 Å². The Morgan fingerprint density at radius 3 is 2.32 bits per heavy atom. The fraction of sp³-hybridized carbons (Fsp3) is 0.333. The molecule has 1 saturated heterocycles. The van der Waals surface area contributed by atoms with Gasteiger partial charge in [0, 0.05) is 11.4 Å². The molecule has 0 aromatic heterocycles. The van der Waals surface area contributed by atoms with Crippen LogP contribution in [0.1, 0.15) is 43.9 Å². The zero-order valence-corrected chi connectivity index (χ0v) is 15.4. The molecule has 3 nitrogen and oxygen atoms in total. The Hall–Kier alpha value is -2.13. The fourth-order valence-corrected chi connectivity index (χ4v) is 3.07. The highest BCUT2D eigenvalue weighted by Crippen LogP contribution is 2.30. The van der Waals surface area contributed by atoms with Crippen LogP contribution in [0.2, 0.25) is 5.02 Å². The first kappa shape index (κ1) is 19.2. The zero-order chi connectivity index (χ0) is 18.2. The summed E-state index contributed by atoms with van der Waals surface area (Å²) in [6.45, 7) is 3.72. The molecule has 1 fully saturated rings. The van der Waals surface area contributed by atoms with Gasteiger partial charge in [0.1, 0.15) is 5.78 Å². The Morgan fingerprint density at radius 2 is 1.76 bits per heavy atom. The van der Waals surface area contributed by atoms with Gasteiger partial charge in [0.05, 0.1) is 12.0 Å². The van der Waals surface area contributed by atoms with Crippen molar-refractivity contribution in [3.63, 3.8) is 0 Å². The molecular formula is C21H24ClNO2. The maximum absolute atomic E-state index is 11.4. The summed E-state index contributed by atoms with van der Waals surface area (Å²) < 4.78 is 0. The van der Waals surface area contributed by atoms with Gasteiger partial charge in [-0.05, 0) is 36.6 Å². The minimum atomic E-state index is -0.208. The maximum atomic E-state index is 11.4. The van der Waals surface area contributed by atoms with E-state index >= 15 is 0 Å². The first-order chi connectivity index (χ1) is 12.0. The van der Waals surface area contributed by atoms with Gasteiger partial charge in [0.2, 0.25) is 5.91 Å². The Morgan fingerprint density at radius 1 is 1.12 bits per heavy atom. The number of hydrogen-bond donors (Lipinski definition) is 1. The molecule has 1 amide bonds. The Balaban J connectivity index is 0.000000196. The van der Waals surface area contributed by atoms with E-state index in [4.69, 9.17) is 11.6 Å². The highest BCUT2D eigenvalue weighted by Gasteiger charge is 2.36. The largest absolute Gasteiger partial charge is 0.349 e. The van der Waals surface area contributed by atoms with E-state index in [-0.39, 0.29) is 23.7 Å². The number of rotatable bonds is 4. The molecule has 1 aliphatic heterocycles. The van der Waals surface area contributed by atoms with Gasteiger partial charge < -0.3 is 5.32 Å². The van der Waals surface area contributed by atoms with Crippen molar-refractivity contribution in [1.29, 1.82) is 0 Å². The van der Waals surface area contributed by atoms with Crippen molar-refractivity contribution in [3.8, 4) is 0 Å². The predicted octanol–water partition coefficient (Wildman–Crippen LogP) is 4.75. The number of nitrogens with one attached hydrogen (secondary N) is 1. The first-order valence-electron chi connectivity index (χ1n) is 8.60. The van der Waals surface area contributed by atoms with E-state index in [0.29, 0.717) is 6.42 Å². The smallest absolute Gasteiger partial charge is 0.221 e. The average Bonchev–Trinajstić information content (AvgIpc) is 3.01. The Bertz CT molecular complexity index is 698. The van der Waals surface area contributed by atoms with Gasteiger partial charge in [-0.15, -0.1) is 0 Å². The van der Waals surface area contributed by atoms with Gasteiger partial charge in [-0.1, -0.05) is 67.4 Å². The highest BCUT2D eigenvalue weighted by molar-refractivity contribution is 6.30. The van der Waals surface area contributed by atoms with Crippen molar-refractivity contribution in [2.75, 3.05) is 0 Å². The molecule has 1 aliphatic rings. The number of carbonyl (C=O) groups is 2. The number of halogens is 1. The SMILES string of the molecule is CC(=O)[C@H]1CC(=O)NC1c1ccccc1.CCCc1ccc(Cl)cc1. The molecule has 0 aliphatic carbocycles. The lowest BCUT2D eigenvalue weighted by atomic mass is 9.91. The number of benzene rings is 2. The van der Waals surface area contributed by atoms with Gasteiger partial charge >= 0.3 is 0 Å². The molecular weight excluding hydrogens is 334 g/mol. The topological polar surface area (TPSA) is 46.2 Å². The molecule has 132 valence electrons. The standard InChI is InChI=1S/C12H13NO2.C9H11Cl/c1-8(14)10-7-11(15)13-12(10)9-5-3-2-4-6-9;1-2-3-8-4-6-9(10)7-5-8/h2-6,10,12H,7H2,1H3,(H,13,15);4-7H,2-3H2,1H3/t10-,12?;/m1./s1. The van der Waals surface area contributed by atoms with Crippen LogP contribution in [0.4, 0.5) is 0 Å². The summed E-state index contributed by atoms with van der Waals surface area (Å²) in [5.41, 5.74) is 2.37. The minimum absolute atomic E-state index is 0.0379. The number of hydrogen-bond acceptors (Lipinski definition) is 2. The van der Waals surface area contributed by atoms with E-state index < -0.39 is 0 Å². The van der Waals surface area contributed by atoms with Crippen LogP contribution < -0.4 is 5.32 Å². The summed E-state index contributed by atoms with van der Waals surface area (Å²) in [6, 6.07) is 17.5. The van der Waals surface area contributed by atoms with Crippen molar-refractivity contribution >= 4 is 23.3 Å². The van der Waals surface area contributed by atoms with Crippen molar-refractivity contribution in [2.24, 2.45) is 5.92 Å². The number of carbonyl (C=O) groups excluding carboxylic acids is 2. The summed E-state index contributed by atoms with van der Waals surface area (Å²) >= 11 is 5.71. The molecule has 1 unspecified atom stereocenters. The van der Waals surface area contributed by atoms with Crippen molar-refractivity contribution < 1.29 is 9.59 Å². The summed E-state index contributed by atoms with van der Waals surface area (Å²) in [7, 11) is 0. The molecule has 0 saturated carbocycles. The number of aryl methyl sites for hydroxylation is 1. The van der Waals surface area contributed by atoms with Crippen molar-refractivity contribution in [1.82, 2.24) is 5.32 Å². The van der Waals surface area contributed by atoms with Gasteiger partial charge in [-0.2, -0.15) is 0 Å². The second-order valence-electron chi connectivity index (χ2n) is 6.25. The van der Waals surface area contributed by atoms with Gasteiger partial charge in [-0.3, -0.25) is 9.59 Å². The van der Waals surface area contributed by atoms with Crippen LogP contribution in [0.25, 0.3) is 0 Å². The minimum Gasteiger partial charge on any atom is -0.349 e. The summed E-state index contributed by atoms with van der Waals surface area (Å²) in [5.74, 6) is -0.175. The lowest BCUT2D eigenvalue weighted by molar-refractivity contribution is -0.123.